The van der Waals surface area contributed by atoms with E-state index in [2.05, 4.69) is 37.4 Å². The largest absolute Gasteiger partial charge is 0.355 e. The highest BCUT2D eigenvalue weighted by Gasteiger charge is 2.22. The van der Waals surface area contributed by atoms with E-state index in [-0.39, 0.29) is 6.04 Å². The Bertz CT molecular complexity index is 1280. The van der Waals surface area contributed by atoms with E-state index in [0.717, 1.165) is 35.1 Å². The van der Waals surface area contributed by atoms with Gasteiger partial charge in [-0.1, -0.05) is 60.6 Å². The molecule has 3 heterocycles. The zero-order valence-electron chi connectivity index (χ0n) is 17.0. The molecular weight excluding hydrogens is 390 g/mol. The molecule has 0 aliphatic heterocycles. The van der Waals surface area contributed by atoms with Gasteiger partial charge < -0.3 is 9.84 Å². The van der Waals surface area contributed by atoms with E-state index in [1.807, 2.05) is 60.7 Å². The summed E-state index contributed by atoms with van der Waals surface area (Å²) >= 11 is 0. The van der Waals surface area contributed by atoms with Crippen LogP contribution in [0, 0.1) is 0 Å². The van der Waals surface area contributed by atoms with Gasteiger partial charge in [0.05, 0.1) is 17.3 Å². The molecule has 5 rings (SSSR count). The molecule has 154 valence electrons. The Morgan fingerprint density at radius 1 is 1.00 bits per heavy atom. The summed E-state index contributed by atoms with van der Waals surface area (Å²) in [5.41, 5.74) is 2.66. The van der Waals surface area contributed by atoms with Crippen molar-refractivity contribution in [3.8, 4) is 5.69 Å². The third-order valence-corrected chi connectivity index (χ3v) is 4.99. The van der Waals surface area contributed by atoms with Crippen molar-refractivity contribution in [3.05, 3.63) is 90.5 Å². The second-order valence-corrected chi connectivity index (χ2v) is 7.14. The van der Waals surface area contributed by atoms with Gasteiger partial charge in [-0.05, 0) is 24.1 Å². The lowest BCUT2D eigenvalue weighted by Crippen LogP contribution is -2.15. The molecule has 0 bridgehead atoms. The minimum atomic E-state index is -0.325. The number of para-hydroxylation sites is 1. The minimum Gasteiger partial charge on any atom is -0.355 e. The van der Waals surface area contributed by atoms with Crippen molar-refractivity contribution in [1.29, 1.82) is 0 Å². The Hall–Kier alpha value is -4.07. The number of hydrogen-bond acceptors (Lipinski definition) is 7. The van der Waals surface area contributed by atoms with E-state index in [1.54, 1.807) is 10.9 Å². The summed E-state index contributed by atoms with van der Waals surface area (Å²) in [6, 6.07) is 19.6. The van der Waals surface area contributed by atoms with Crippen LogP contribution >= 0.6 is 0 Å². The van der Waals surface area contributed by atoms with Crippen LogP contribution in [0.5, 0.6) is 0 Å². The second-order valence-electron chi connectivity index (χ2n) is 7.14. The molecule has 1 N–H and O–H groups in total. The van der Waals surface area contributed by atoms with Crippen molar-refractivity contribution in [3.63, 3.8) is 0 Å². The molecule has 0 spiro atoms. The van der Waals surface area contributed by atoms with E-state index >= 15 is 0 Å². The quantitative estimate of drug-likeness (QED) is 0.425. The number of aromatic nitrogens is 6. The molecule has 1 atom stereocenters. The van der Waals surface area contributed by atoms with E-state index in [1.165, 1.54) is 6.33 Å². The maximum absolute atomic E-state index is 5.44. The third kappa shape index (κ3) is 3.75. The summed E-state index contributed by atoms with van der Waals surface area (Å²) in [5, 5.41) is 13.1. The van der Waals surface area contributed by atoms with Gasteiger partial charge in [0.1, 0.15) is 18.2 Å². The average Bonchev–Trinajstić information content (AvgIpc) is 3.46. The first-order valence-electron chi connectivity index (χ1n) is 10.2. The summed E-state index contributed by atoms with van der Waals surface area (Å²) in [6.45, 7) is 2.08. The Morgan fingerprint density at radius 3 is 2.55 bits per heavy atom. The zero-order valence-corrected chi connectivity index (χ0v) is 17.0. The van der Waals surface area contributed by atoms with E-state index < -0.39 is 0 Å². The average molecular weight is 411 g/mol. The van der Waals surface area contributed by atoms with Crippen LogP contribution in [0.15, 0.2) is 77.7 Å². The molecule has 0 saturated carbocycles. The van der Waals surface area contributed by atoms with Crippen LogP contribution in [0.3, 0.4) is 0 Å². The number of anilines is 1. The van der Waals surface area contributed by atoms with E-state index in [0.29, 0.717) is 17.5 Å². The summed E-state index contributed by atoms with van der Waals surface area (Å²) in [7, 11) is 0. The fourth-order valence-corrected chi connectivity index (χ4v) is 3.50. The third-order valence-electron chi connectivity index (χ3n) is 4.99. The highest BCUT2D eigenvalue weighted by molar-refractivity contribution is 5.87. The molecule has 5 aromatic rings. The van der Waals surface area contributed by atoms with Gasteiger partial charge in [-0.2, -0.15) is 10.1 Å². The van der Waals surface area contributed by atoms with Crippen LogP contribution in [0.2, 0.25) is 0 Å². The van der Waals surface area contributed by atoms with Gasteiger partial charge in [-0.25, -0.2) is 14.6 Å². The van der Waals surface area contributed by atoms with Gasteiger partial charge in [0.2, 0.25) is 5.89 Å². The molecule has 0 aliphatic rings. The molecule has 0 amide bonds. The summed E-state index contributed by atoms with van der Waals surface area (Å²) in [6.07, 6.45) is 4.99. The first-order chi connectivity index (χ1) is 15.3. The van der Waals surface area contributed by atoms with E-state index in [4.69, 9.17) is 4.52 Å². The fraction of sp³-hybridized carbons (Fsp3) is 0.174. The van der Waals surface area contributed by atoms with Gasteiger partial charge in [0.25, 0.3) is 0 Å². The number of nitrogens with zero attached hydrogens (tertiary/aromatic N) is 6. The lowest BCUT2D eigenvalue weighted by molar-refractivity contribution is 0.371. The molecule has 0 aliphatic carbocycles. The van der Waals surface area contributed by atoms with Crippen molar-refractivity contribution in [2.75, 3.05) is 5.32 Å². The lowest BCUT2D eigenvalue weighted by atomic mass is 10.1. The molecule has 8 nitrogen and oxygen atoms in total. The smallest absolute Gasteiger partial charge is 0.226 e. The normalized spacial score (nSPS) is 12.2. The fourth-order valence-electron chi connectivity index (χ4n) is 3.50. The van der Waals surface area contributed by atoms with Crippen LogP contribution < -0.4 is 5.32 Å². The molecule has 8 heteroatoms. The maximum atomic E-state index is 5.44. The van der Waals surface area contributed by atoms with Gasteiger partial charge in [0.15, 0.2) is 11.5 Å². The Balaban J connectivity index is 1.55. The molecule has 0 radical (unpaired) electrons. The van der Waals surface area contributed by atoms with Crippen molar-refractivity contribution in [1.82, 2.24) is 29.9 Å². The molecule has 0 fully saturated rings. The number of aryl methyl sites for hydroxylation is 1. The SMILES string of the molecule is CCCc1nc(C(Nc2ncnc3c2cnn3-c2ccccc2)c2ccccc2)no1. The summed E-state index contributed by atoms with van der Waals surface area (Å²) in [4.78, 5) is 13.5. The second kappa shape index (κ2) is 8.35. The Labute approximate surface area is 179 Å². The zero-order chi connectivity index (χ0) is 21.0. The molecular formula is C23H21N7O. The van der Waals surface area contributed by atoms with Crippen LogP contribution in [0.25, 0.3) is 16.7 Å². The monoisotopic (exact) mass is 411 g/mol. The predicted molar refractivity (Wildman–Crippen MR) is 117 cm³/mol. The van der Waals surface area contributed by atoms with Crippen molar-refractivity contribution >= 4 is 16.9 Å². The topological polar surface area (TPSA) is 94.6 Å². The van der Waals surface area contributed by atoms with Crippen LogP contribution in [0.4, 0.5) is 5.82 Å². The number of fused-ring (bicyclic) bond motifs is 1. The van der Waals surface area contributed by atoms with Crippen LogP contribution in [0.1, 0.15) is 36.7 Å². The minimum absolute atomic E-state index is 0.325. The Kier molecular flexibility index (Phi) is 5.10. The molecule has 31 heavy (non-hydrogen) atoms. The highest BCUT2D eigenvalue weighted by Crippen LogP contribution is 2.28. The molecule has 0 saturated heterocycles. The van der Waals surface area contributed by atoms with Crippen molar-refractivity contribution < 1.29 is 4.52 Å². The number of hydrogen-bond donors (Lipinski definition) is 1. The van der Waals surface area contributed by atoms with Crippen LogP contribution in [-0.4, -0.2) is 29.9 Å². The van der Waals surface area contributed by atoms with E-state index in [9.17, 15) is 0 Å². The predicted octanol–water partition coefficient (Wildman–Crippen LogP) is 4.35. The number of nitrogens with one attached hydrogen (secondary N) is 1. The maximum Gasteiger partial charge on any atom is 0.226 e. The standard InChI is InChI=1S/C23H21N7O/c1-2-9-19-27-22(29-31-19)20(16-10-5-3-6-11-16)28-21-18-14-26-30(23(18)25-15-24-21)17-12-7-4-8-13-17/h3-8,10-15,20H,2,9H2,1H3,(H,24,25,28). The van der Waals surface area contributed by atoms with Gasteiger partial charge in [-0.3, -0.25) is 0 Å². The number of benzene rings is 2. The van der Waals surface area contributed by atoms with Crippen molar-refractivity contribution in [2.24, 2.45) is 0 Å². The number of rotatable bonds is 7. The highest BCUT2D eigenvalue weighted by atomic mass is 16.5. The van der Waals surface area contributed by atoms with Crippen molar-refractivity contribution in [2.45, 2.75) is 25.8 Å². The molecule has 1 unspecified atom stereocenters. The van der Waals surface area contributed by atoms with Gasteiger partial charge in [-0.15, -0.1) is 0 Å². The van der Waals surface area contributed by atoms with Gasteiger partial charge >= 0.3 is 0 Å². The molecule has 3 aromatic heterocycles. The Morgan fingerprint density at radius 2 is 1.77 bits per heavy atom. The molecule has 2 aromatic carbocycles. The van der Waals surface area contributed by atoms with Crippen LogP contribution in [-0.2, 0) is 6.42 Å². The lowest BCUT2D eigenvalue weighted by Gasteiger charge is -2.16. The first kappa shape index (κ1) is 18.9. The van der Waals surface area contributed by atoms with Gasteiger partial charge in [0, 0.05) is 6.42 Å². The summed E-state index contributed by atoms with van der Waals surface area (Å²) in [5.74, 6) is 1.85. The first-order valence-corrected chi connectivity index (χ1v) is 10.2. The summed E-state index contributed by atoms with van der Waals surface area (Å²) < 4.78 is 7.24.